The predicted molar refractivity (Wildman–Crippen MR) is 120 cm³/mol. The molecular formula is C22H37N3O7S. The zero-order valence-corrected chi connectivity index (χ0v) is 20.1. The predicted octanol–water partition coefficient (Wildman–Crippen LogP) is 0.986. The van der Waals surface area contributed by atoms with Crippen molar-refractivity contribution in [1.29, 1.82) is 0 Å². The fourth-order valence-corrected chi connectivity index (χ4v) is 9.01. The molecule has 1 aliphatic carbocycles. The number of hydrogen-bond acceptors (Lipinski definition) is 7. The summed E-state index contributed by atoms with van der Waals surface area (Å²) in [5, 5.41) is 20.4. The molecule has 4 aliphatic rings. The quantitative estimate of drug-likeness (QED) is 0.480. The Morgan fingerprint density at radius 3 is 2.39 bits per heavy atom. The molecule has 3 aliphatic heterocycles. The summed E-state index contributed by atoms with van der Waals surface area (Å²) in [4.78, 5) is 23.1. The van der Waals surface area contributed by atoms with Gasteiger partial charge in [0.2, 0.25) is 10.0 Å². The third kappa shape index (κ3) is 5.22. The molecule has 0 spiro atoms. The minimum Gasteiger partial charge on any atom is -0.481 e. The van der Waals surface area contributed by atoms with Crippen molar-refractivity contribution < 1.29 is 33.0 Å². The smallest absolute Gasteiger partial charge is 0.306 e. The van der Waals surface area contributed by atoms with Crippen LogP contribution < -0.4 is 5.43 Å². The summed E-state index contributed by atoms with van der Waals surface area (Å²) < 4.78 is 34.5. The maximum atomic E-state index is 13.8. The average molecular weight is 488 g/mol. The first kappa shape index (κ1) is 24.8. The molecule has 0 aromatic rings. The molecule has 4 fully saturated rings. The van der Waals surface area contributed by atoms with Crippen molar-refractivity contribution in [3.63, 3.8) is 0 Å². The fourth-order valence-electron chi connectivity index (χ4n) is 6.63. The van der Waals surface area contributed by atoms with E-state index in [9.17, 15) is 28.2 Å². The van der Waals surface area contributed by atoms with Crippen molar-refractivity contribution in [3.8, 4) is 0 Å². The molecule has 1 saturated carbocycles. The number of carboxylic acid groups (broad SMARTS) is 2. The highest BCUT2D eigenvalue weighted by atomic mass is 32.2. The number of fused-ring (bicyclic) bond motifs is 1. The Bertz CT molecular complexity index is 830. The third-order valence-electron chi connectivity index (χ3n) is 8.50. The second-order valence-electron chi connectivity index (χ2n) is 10.2. The van der Waals surface area contributed by atoms with Crippen molar-refractivity contribution >= 4 is 22.0 Å². The first-order valence-corrected chi connectivity index (χ1v) is 13.7. The van der Waals surface area contributed by atoms with Crippen LogP contribution in [0.15, 0.2) is 0 Å². The number of piperidine rings is 2. The van der Waals surface area contributed by atoms with E-state index in [0.29, 0.717) is 45.3 Å². The monoisotopic (exact) mass is 487 g/mol. The number of carboxylic acids is 2. The number of sulfonamides is 1. The van der Waals surface area contributed by atoms with Gasteiger partial charge in [-0.05, 0) is 56.8 Å². The van der Waals surface area contributed by atoms with E-state index in [1.54, 1.807) is 11.4 Å². The van der Waals surface area contributed by atoms with Gasteiger partial charge in [-0.2, -0.15) is 0 Å². The minimum absolute atomic E-state index is 0.00351. The van der Waals surface area contributed by atoms with Gasteiger partial charge in [0.15, 0.2) is 0 Å². The molecule has 6 unspecified atom stereocenters. The molecular weight excluding hydrogens is 450 g/mol. The number of nitrogens with one attached hydrogen (secondary N) is 1. The molecule has 4 rings (SSSR count). The van der Waals surface area contributed by atoms with Gasteiger partial charge in [-0.1, -0.05) is 0 Å². The summed E-state index contributed by atoms with van der Waals surface area (Å²) in [5.74, 6) is -2.31. The number of hydrazine groups is 1. The zero-order chi connectivity index (χ0) is 23.8. The van der Waals surface area contributed by atoms with Gasteiger partial charge in [-0.25, -0.2) is 17.7 Å². The molecule has 3 saturated heterocycles. The first-order valence-electron chi connectivity index (χ1n) is 12.2. The molecule has 6 atom stereocenters. The largest absolute Gasteiger partial charge is 0.481 e. The van der Waals surface area contributed by atoms with Crippen LogP contribution in [0.1, 0.15) is 51.4 Å². The molecule has 3 heterocycles. The average Bonchev–Trinajstić information content (AvgIpc) is 3.20. The van der Waals surface area contributed by atoms with Crippen LogP contribution in [0, 0.1) is 23.7 Å². The number of aliphatic carboxylic acids is 2. The van der Waals surface area contributed by atoms with E-state index in [2.05, 4.69) is 10.4 Å². The second kappa shape index (κ2) is 10.2. The number of carbonyl (C=O) groups is 2. The molecule has 3 N–H and O–H groups in total. The maximum absolute atomic E-state index is 13.8. The molecule has 0 amide bonds. The molecule has 0 bridgehead atoms. The van der Waals surface area contributed by atoms with Gasteiger partial charge in [-0.15, -0.1) is 0 Å². The molecule has 10 nitrogen and oxygen atoms in total. The minimum atomic E-state index is -3.65. The standard InChI is InChI=1S/C22H37N3O7S/c1-32-17-5-7-24(8-6-17)33(30,31)20-11-15(22(28)29)2-3-18(20)14-4-9-25-19(10-14)16(13-23-25)12-21(26)27/h14-20,23H,2-13H2,1H3,(H,26,27)(H,28,29). The van der Waals surface area contributed by atoms with Crippen molar-refractivity contribution in [2.75, 3.05) is 33.3 Å². The third-order valence-corrected chi connectivity index (χ3v) is 10.9. The number of ether oxygens (including phenoxy) is 1. The van der Waals surface area contributed by atoms with Crippen LogP contribution in [0.4, 0.5) is 0 Å². The van der Waals surface area contributed by atoms with Crippen LogP contribution in [-0.2, 0) is 24.3 Å². The van der Waals surface area contributed by atoms with Crippen LogP contribution in [0.3, 0.4) is 0 Å². The Labute approximate surface area is 195 Å². The number of methoxy groups -OCH3 is 1. The van der Waals surface area contributed by atoms with Crippen molar-refractivity contribution in [2.24, 2.45) is 23.7 Å². The molecule has 11 heteroatoms. The SMILES string of the molecule is COC1CCN(S(=O)(=O)C2CC(C(=O)O)CCC2C2CCN3NCC(CC(=O)O)C3C2)CC1. The molecule has 188 valence electrons. The van der Waals surface area contributed by atoms with Gasteiger partial charge in [0, 0.05) is 45.2 Å². The van der Waals surface area contributed by atoms with E-state index in [4.69, 9.17) is 4.74 Å². The molecule has 0 aromatic carbocycles. The highest BCUT2D eigenvalue weighted by Crippen LogP contribution is 2.45. The Balaban J connectivity index is 1.53. The van der Waals surface area contributed by atoms with E-state index in [1.165, 1.54) is 0 Å². The topological polar surface area (TPSA) is 136 Å². The second-order valence-corrected chi connectivity index (χ2v) is 12.3. The van der Waals surface area contributed by atoms with Crippen LogP contribution in [-0.4, -0.2) is 90.6 Å². The van der Waals surface area contributed by atoms with Crippen molar-refractivity contribution in [1.82, 2.24) is 14.7 Å². The lowest BCUT2D eigenvalue weighted by molar-refractivity contribution is -0.143. The van der Waals surface area contributed by atoms with Crippen LogP contribution >= 0.6 is 0 Å². The molecule has 33 heavy (non-hydrogen) atoms. The molecule has 0 radical (unpaired) electrons. The lowest BCUT2D eigenvalue weighted by Gasteiger charge is -2.45. The van der Waals surface area contributed by atoms with E-state index >= 15 is 0 Å². The van der Waals surface area contributed by atoms with Crippen LogP contribution in [0.5, 0.6) is 0 Å². The zero-order valence-electron chi connectivity index (χ0n) is 19.3. The Morgan fingerprint density at radius 1 is 1.03 bits per heavy atom. The van der Waals surface area contributed by atoms with Crippen molar-refractivity contribution in [2.45, 2.75) is 68.8 Å². The van der Waals surface area contributed by atoms with Gasteiger partial charge in [0.25, 0.3) is 0 Å². The summed E-state index contributed by atoms with van der Waals surface area (Å²) in [7, 11) is -2.00. The maximum Gasteiger partial charge on any atom is 0.306 e. The molecule has 0 aromatic heterocycles. The number of rotatable bonds is 7. The van der Waals surface area contributed by atoms with E-state index in [-0.39, 0.29) is 42.7 Å². The van der Waals surface area contributed by atoms with E-state index in [1.807, 2.05) is 0 Å². The van der Waals surface area contributed by atoms with Gasteiger partial charge in [0.1, 0.15) is 0 Å². The van der Waals surface area contributed by atoms with Crippen LogP contribution in [0.2, 0.25) is 0 Å². The van der Waals surface area contributed by atoms with Crippen molar-refractivity contribution in [3.05, 3.63) is 0 Å². The first-order chi connectivity index (χ1) is 15.7. The van der Waals surface area contributed by atoms with Gasteiger partial charge in [-0.3, -0.25) is 15.0 Å². The number of hydrogen-bond donors (Lipinski definition) is 3. The summed E-state index contributed by atoms with van der Waals surface area (Å²) in [6.07, 6.45) is 4.31. The lowest BCUT2D eigenvalue weighted by atomic mass is 9.70. The Hall–Kier alpha value is -1.27. The van der Waals surface area contributed by atoms with E-state index in [0.717, 1.165) is 19.4 Å². The lowest BCUT2D eigenvalue weighted by Crippen LogP contribution is -2.53. The summed E-state index contributed by atoms with van der Waals surface area (Å²) in [6.45, 7) is 2.21. The summed E-state index contributed by atoms with van der Waals surface area (Å²) in [5.41, 5.74) is 3.32. The summed E-state index contributed by atoms with van der Waals surface area (Å²) >= 11 is 0. The summed E-state index contributed by atoms with van der Waals surface area (Å²) in [6, 6.07) is 0.0813. The van der Waals surface area contributed by atoms with Gasteiger partial charge in [0.05, 0.1) is 23.7 Å². The fraction of sp³-hybridized carbons (Fsp3) is 0.909. The normalized spacial score (nSPS) is 37.0. The Kier molecular flexibility index (Phi) is 7.64. The number of nitrogens with zero attached hydrogens (tertiary/aromatic N) is 2. The van der Waals surface area contributed by atoms with Crippen LogP contribution in [0.25, 0.3) is 0 Å². The highest BCUT2D eigenvalue weighted by Gasteiger charge is 2.49. The highest BCUT2D eigenvalue weighted by molar-refractivity contribution is 7.89. The Morgan fingerprint density at radius 2 is 1.76 bits per heavy atom. The van der Waals surface area contributed by atoms with E-state index < -0.39 is 33.1 Å². The van der Waals surface area contributed by atoms with Gasteiger partial charge < -0.3 is 14.9 Å². The van der Waals surface area contributed by atoms with Gasteiger partial charge >= 0.3 is 11.9 Å².